The van der Waals surface area contributed by atoms with Gasteiger partial charge in [0, 0.05) is 32.1 Å². The van der Waals surface area contributed by atoms with E-state index in [0.29, 0.717) is 18.9 Å². The zero-order valence-corrected chi connectivity index (χ0v) is 33.1. The van der Waals surface area contributed by atoms with Crippen molar-refractivity contribution in [2.75, 3.05) is 28.3 Å². The van der Waals surface area contributed by atoms with E-state index in [-0.39, 0.29) is 84.6 Å². The molecule has 17 unspecified atom stereocenters. The van der Waals surface area contributed by atoms with E-state index in [1.54, 1.807) is 14.2 Å². The number of esters is 1. The quantitative estimate of drug-likeness (QED) is 0.242. The molecule has 1 saturated carbocycles. The van der Waals surface area contributed by atoms with Crippen molar-refractivity contribution in [3.8, 4) is 0 Å². The molecule has 6 rings (SSSR count). The van der Waals surface area contributed by atoms with Gasteiger partial charge < -0.3 is 43.2 Å². The molecular weight excluding hydrogens is 678 g/mol. The van der Waals surface area contributed by atoms with Crippen LogP contribution in [0, 0.1) is 35.5 Å². The van der Waals surface area contributed by atoms with Crippen LogP contribution in [-0.2, 0) is 42.7 Å². The summed E-state index contributed by atoms with van der Waals surface area (Å²) >= 11 is 0. The normalized spacial score (nSPS) is 45.2. The summed E-state index contributed by atoms with van der Waals surface area (Å²) in [5.41, 5.74) is 0.733. The van der Waals surface area contributed by atoms with Crippen LogP contribution in [0.1, 0.15) is 85.5 Å². The number of aliphatic hydroxyl groups is 1. The van der Waals surface area contributed by atoms with Gasteiger partial charge in [-0.1, -0.05) is 38.2 Å². The molecule has 3 saturated heterocycles. The molecule has 0 aromatic heterocycles. The number of nitrogens with zero attached hydrogens (tertiary/aromatic N) is 1. The van der Waals surface area contributed by atoms with Crippen LogP contribution < -0.4 is 0 Å². The Bertz CT molecular complexity index is 1350. The number of ketones is 1. The Labute approximate surface area is 316 Å². The zero-order valence-electron chi connectivity index (χ0n) is 33.1. The molecule has 3 aliphatic carbocycles. The van der Waals surface area contributed by atoms with Crippen LogP contribution in [0.15, 0.2) is 36.0 Å². The first-order valence-electron chi connectivity index (χ1n) is 20.3. The Morgan fingerprint density at radius 1 is 0.925 bits per heavy atom. The first-order valence-corrected chi connectivity index (χ1v) is 20.3. The Morgan fingerprint density at radius 2 is 1.70 bits per heavy atom. The topological polar surface area (TPSA) is 122 Å². The molecule has 0 bridgehead atoms. The smallest absolute Gasteiger partial charge is 0.307 e. The maximum Gasteiger partial charge on any atom is 0.307 e. The fourth-order valence-electron chi connectivity index (χ4n) is 10.3. The minimum Gasteiger partial charge on any atom is -0.458 e. The highest BCUT2D eigenvalue weighted by Crippen LogP contribution is 2.54. The summed E-state index contributed by atoms with van der Waals surface area (Å²) in [6.07, 6.45) is 12.9. The lowest BCUT2D eigenvalue weighted by Gasteiger charge is -2.42. The SMILES string of the molecule is CCC=CC1CCCC(OC2CCC(N(C)C)C(C)O2)C(C)C(=O)C2=CC3C(C=CC4CC(OC5OC(C)C(OC)C(O)C5OC)CC43)C2CC(=O)O1. The molecule has 0 amide bonds. The molecule has 11 nitrogen and oxygen atoms in total. The predicted octanol–water partition coefficient (Wildman–Crippen LogP) is 5.39. The third kappa shape index (κ3) is 8.88. The van der Waals surface area contributed by atoms with Crippen molar-refractivity contribution in [2.45, 2.75) is 153 Å². The standard InChI is InChI=1S/C42H65NO10/c1-9-10-12-27-13-11-14-35(53-37-18-17-34(43(5)6)24(3)49-37)23(2)38(45)33-21-31-29(32(33)22-36(44)51-27)16-15-26-19-28(20-30(26)31)52-42-41(48-8)39(46)40(47-7)25(4)50-42/h10,12,15-16,21,23-32,34-35,37,39-42,46H,9,11,13-14,17-20,22H2,1-8H3. The molecule has 6 aliphatic rings. The summed E-state index contributed by atoms with van der Waals surface area (Å²) < 4.78 is 43.1. The molecule has 3 heterocycles. The van der Waals surface area contributed by atoms with E-state index in [1.165, 1.54) is 0 Å². The van der Waals surface area contributed by atoms with Crippen molar-refractivity contribution in [3.05, 3.63) is 36.0 Å². The van der Waals surface area contributed by atoms with Crippen LogP contribution in [0.2, 0.25) is 0 Å². The van der Waals surface area contributed by atoms with Gasteiger partial charge in [-0.2, -0.15) is 0 Å². The molecule has 4 fully saturated rings. The average molecular weight is 744 g/mol. The lowest BCUT2D eigenvalue weighted by molar-refractivity contribution is -0.311. The Hall–Kier alpha value is -1.96. The number of rotatable bonds is 9. The van der Waals surface area contributed by atoms with Crippen LogP contribution in [0.25, 0.3) is 0 Å². The van der Waals surface area contributed by atoms with Crippen molar-refractivity contribution >= 4 is 11.8 Å². The second kappa shape index (κ2) is 17.9. The van der Waals surface area contributed by atoms with E-state index >= 15 is 0 Å². The van der Waals surface area contributed by atoms with E-state index in [0.717, 1.165) is 44.1 Å². The van der Waals surface area contributed by atoms with Gasteiger partial charge in [0.05, 0.1) is 30.8 Å². The fraction of sp³-hybridized carbons (Fsp3) is 0.810. The minimum absolute atomic E-state index is 0.00750. The number of allylic oxidation sites excluding steroid dienone is 5. The van der Waals surface area contributed by atoms with Crippen molar-refractivity contribution in [2.24, 2.45) is 35.5 Å². The summed E-state index contributed by atoms with van der Waals surface area (Å²) in [5, 5.41) is 11.0. The fourth-order valence-corrected chi connectivity index (χ4v) is 10.3. The van der Waals surface area contributed by atoms with Crippen molar-refractivity contribution in [1.29, 1.82) is 0 Å². The van der Waals surface area contributed by atoms with Crippen LogP contribution in [0.5, 0.6) is 0 Å². The largest absolute Gasteiger partial charge is 0.458 e. The molecule has 11 heteroatoms. The Balaban J connectivity index is 1.22. The van der Waals surface area contributed by atoms with Crippen LogP contribution in [0.3, 0.4) is 0 Å². The summed E-state index contributed by atoms with van der Waals surface area (Å²) in [4.78, 5) is 30.5. The minimum atomic E-state index is -0.885. The molecule has 53 heavy (non-hydrogen) atoms. The highest BCUT2D eigenvalue weighted by Gasteiger charge is 2.52. The van der Waals surface area contributed by atoms with E-state index in [2.05, 4.69) is 57.1 Å². The number of hydrogen-bond donors (Lipinski definition) is 1. The molecule has 17 atom stereocenters. The number of aliphatic hydroxyl groups excluding tert-OH is 1. The molecule has 1 N–H and O–H groups in total. The van der Waals surface area contributed by atoms with Crippen LogP contribution in [0.4, 0.5) is 0 Å². The van der Waals surface area contributed by atoms with Crippen molar-refractivity contribution < 1.29 is 47.9 Å². The van der Waals surface area contributed by atoms with Gasteiger partial charge in [0.2, 0.25) is 0 Å². The number of fused-ring (bicyclic) bond motifs is 5. The highest BCUT2D eigenvalue weighted by atomic mass is 16.7. The molecule has 0 radical (unpaired) electrons. The van der Waals surface area contributed by atoms with E-state index < -0.39 is 30.5 Å². The second-order valence-corrected chi connectivity index (χ2v) is 16.6. The number of Topliss-reactive ketones (excluding diaryl/α,β-unsaturated/α-hetero) is 1. The predicted molar refractivity (Wildman–Crippen MR) is 199 cm³/mol. The van der Waals surface area contributed by atoms with Crippen molar-refractivity contribution in [1.82, 2.24) is 4.90 Å². The maximum absolute atomic E-state index is 14.7. The summed E-state index contributed by atoms with van der Waals surface area (Å²) in [7, 11) is 7.27. The van der Waals surface area contributed by atoms with Gasteiger partial charge in [0.25, 0.3) is 0 Å². The van der Waals surface area contributed by atoms with Gasteiger partial charge in [0.15, 0.2) is 18.4 Å². The van der Waals surface area contributed by atoms with E-state index in [9.17, 15) is 14.7 Å². The number of ether oxygens (including phenoxy) is 7. The van der Waals surface area contributed by atoms with Gasteiger partial charge in [-0.05, 0) is 115 Å². The van der Waals surface area contributed by atoms with Gasteiger partial charge in [0.1, 0.15) is 24.4 Å². The number of carbonyl (C=O) groups is 2. The van der Waals surface area contributed by atoms with Crippen LogP contribution in [-0.4, -0.2) is 118 Å². The molecule has 0 aromatic carbocycles. The summed E-state index contributed by atoms with van der Waals surface area (Å²) in [6.45, 7) is 8.05. The first kappa shape index (κ1) is 40.7. The van der Waals surface area contributed by atoms with Crippen molar-refractivity contribution in [3.63, 3.8) is 0 Å². The zero-order chi connectivity index (χ0) is 38.0. The number of likely N-dealkylation sites (N-methyl/N-ethyl adjacent to an activating group) is 1. The van der Waals surface area contributed by atoms with Crippen LogP contribution >= 0.6 is 0 Å². The molecular formula is C42H65NO10. The lowest BCUT2D eigenvalue weighted by atomic mass is 9.70. The third-order valence-electron chi connectivity index (χ3n) is 13.1. The number of cyclic esters (lactones) is 1. The summed E-state index contributed by atoms with van der Waals surface area (Å²) in [5.74, 6) is -0.284. The molecule has 0 spiro atoms. The summed E-state index contributed by atoms with van der Waals surface area (Å²) in [6, 6.07) is 0.325. The maximum atomic E-state index is 14.7. The van der Waals surface area contributed by atoms with E-state index in [4.69, 9.17) is 33.2 Å². The molecule has 298 valence electrons. The van der Waals surface area contributed by atoms with Gasteiger partial charge in [-0.3, -0.25) is 9.59 Å². The highest BCUT2D eigenvalue weighted by molar-refractivity contribution is 5.99. The number of carbonyl (C=O) groups excluding carboxylic acids is 2. The molecule has 3 aliphatic heterocycles. The number of methoxy groups -OCH3 is 2. The Morgan fingerprint density at radius 3 is 2.40 bits per heavy atom. The Kier molecular flexibility index (Phi) is 13.7. The third-order valence-corrected chi connectivity index (χ3v) is 13.1. The molecule has 0 aromatic rings. The van der Waals surface area contributed by atoms with Gasteiger partial charge >= 0.3 is 5.97 Å². The second-order valence-electron chi connectivity index (χ2n) is 16.6. The van der Waals surface area contributed by atoms with Gasteiger partial charge in [-0.25, -0.2) is 0 Å². The first-order chi connectivity index (χ1) is 25.4. The lowest BCUT2D eigenvalue weighted by Crippen LogP contribution is -2.59. The average Bonchev–Trinajstić information content (AvgIpc) is 3.70. The monoisotopic (exact) mass is 743 g/mol. The van der Waals surface area contributed by atoms with Gasteiger partial charge in [-0.15, -0.1) is 0 Å². The number of hydrogen-bond acceptors (Lipinski definition) is 11. The van der Waals surface area contributed by atoms with E-state index in [1.807, 2.05) is 19.9 Å².